The van der Waals surface area contributed by atoms with Crippen molar-refractivity contribution in [1.82, 2.24) is 9.21 Å². The first-order valence-electron chi connectivity index (χ1n) is 8.29. The molecule has 0 aliphatic carbocycles. The van der Waals surface area contributed by atoms with E-state index in [9.17, 15) is 13.2 Å². The van der Waals surface area contributed by atoms with Crippen LogP contribution in [0.2, 0.25) is 0 Å². The Morgan fingerprint density at radius 2 is 1.87 bits per heavy atom. The fraction of sp³-hybridized carbons (Fsp3) is 0.933. The zero-order valence-corrected chi connectivity index (χ0v) is 14.5. The van der Waals surface area contributed by atoms with Gasteiger partial charge in [0.25, 0.3) is 0 Å². The normalized spacial score (nSPS) is 29.6. The Kier molecular flexibility index (Phi) is 4.96. The van der Waals surface area contributed by atoms with Crippen molar-refractivity contribution in [2.24, 2.45) is 11.3 Å². The topological polar surface area (TPSA) is 76.2 Å². The summed E-state index contributed by atoms with van der Waals surface area (Å²) in [6.07, 6.45) is 3.65. The average Bonchev–Trinajstić information content (AvgIpc) is 2.96. The van der Waals surface area contributed by atoms with Crippen LogP contribution in [0.15, 0.2) is 0 Å². The minimum Gasteiger partial charge on any atom is -0.381 e. The van der Waals surface area contributed by atoms with E-state index in [4.69, 9.17) is 9.47 Å². The maximum atomic E-state index is 12.5. The van der Waals surface area contributed by atoms with Crippen molar-refractivity contribution in [3.63, 3.8) is 0 Å². The number of rotatable bonds is 2. The van der Waals surface area contributed by atoms with Gasteiger partial charge in [-0.3, -0.25) is 4.79 Å². The predicted molar refractivity (Wildman–Crippen MR) is 84.4 cm³/mol. The molecule has 0 N–H and O–H groups in total. The summed E-state index contributed by atoms with van der Waals surface area (Å²) in [5.41, 5.74) is -0.164. The lowest BCUT2D eigenvalue weighted by atomic mass is 9.78. The molecule has 1 unspecified atom stereocenters. The first kappa shape index (κ1) is 17.1. The highest BCUT2D eigenvalue weighted by Gasteiger charge is 2.42. The lowest BCUT2D eigenvalue weighted by molar-refractivity contribution is -0.138. The van der Waals surface area contributed by atoms with Crippen LogP contribution < -0.4 is 0 Å². The van der Waals surface area contributed by atoms with Gasteiger partial charge in [-0.2, -0.15) is 4.31 Å². The molecule has 1 atom stereocenters. The number of likely N-dealkylation sites (tertiary alicyclic amines) is 1. The van der Waals surface area contributed by atoms with Crippen LogP contribution in [0.5, 0.6) is 0 Å². The zero-order valence-electron chi connectivity index (χ0n) is 13.7. The number of hydrogen-bond acceptors (Lipinski definition) is 5. The van der Waals surface area contributed by atoms with Crippen molar-refractivity contribution >= 4 is 15.9 Å². The van der Waals surface area contributed by atoms with Crippen LogP contribution >= 0.6 is 0 Å². The number of ether oxygens (including phenoxy) is 2. The number of carbonyl (C=O) groups excluding carboxylic acids is 1. The molecule has 7 nitrogen and oxygen atoms in total. The van der Waals surface area contributed by atoms with Crippen molar-refractivity contribution in [3.8, 4) is 0 Å². The Bertz CT molecular complexity index is 536. The van der Waals surface area contributed by atoms with Gasteiger partial charge in [0.1, 0.15) is 0 Å². The second-order valence-corrected chi connectivity index (χ2v) is 9.02. The SMILES string of the molecule is CS(=O)(=O)N1CCOCC2(CCN(C(=O)C3CCOC3)CC2)C1. The maximum Gasteiger partial charge on any atom is 0.228 e. The zero-order chi connectivity index (χ0) is 16.5. The van der Waals surface area contributed by atoms with Crippen molar-refractivity contribution < 1.29 is 22.7 Å². The molecule has 8 heteroatoms. The number of amides is 1. The standard InChI is InChI=1S/C15H26N2O5S/c1-23(19,20)17-7-9-22-12-15(11-17)3-5-16(6-4-15)14(18)13-2-8-21-10-13/h13H,2-12H2,1H3. The quantitative estimate of drug-likeness (QED) is 0.699. The highest BCUT2D eigenvalue weighted by Crippen LogP contribution is 2.35. The predicted octanol–water partition coefficient (Wildman–Crippen LogP) is -0.0765. The fourth-order valence-corrected chi connectivity index (χ4v) is 4.64. The van der Waals surface area contributed by atoms with Gasteiger partial charge in [-0.25, -0.2) is 8.42 Å². The van der Waals surface area contributed by atoms with Crippen LogP contribution in [0, 0.1) is 11.3 Å². The van der Waals surface area contributed by atoms with Crippen molar-refractivity contribution in [1.29, 1.82) is 0 Å². The average molecular weight is 346 g/mol. The largest absolute Gasteiger partial charge is 0.381 e. The number of hydrogen-bond donors (Lipinski definition) is 0. The summed E-state index contributed by atoms with van der Waals surface area (Å²) in [4.78, 5) is 14.4. The maximum absolute atomic E-state index is 12.5. The van der Waals surface area contributed by atoms with Crippen LogP contribution in [0.3, 0.4) is 0 Å². The molecular formula is C15H26N2O5S. The fourth-order valence-electron chi connectivity index (χ4n) is 3.73. The molecule has 0 aromatic carbocycles. The highest BCUT2D eigenvalue weighted by molar-refractivity contribution is 7.88. The second kappa shape index (κ2) is 6.66. The number of carbonyl (C=O) groups is 1. The molecule has 3 heterocycles. The van der Waals surface area contributed by atoms with E-state index in [2.05, 4.69) is 0 Å². The third-order valence-corrected chi connectivity index (χ3v) is 6.54. The van der Waals surface area contributed by atoms with Gasteiger partial charge in [0, 0.05) is 38.2 Å². The minimum atomic E-state index is -3.21. The van der Waals surface area contributed by atoms with E-state index >= 15 is 0 Å². The van der Waals surface area contributed by atoms with Crippen LogP contribution in [-0.2, 0) is 24.3 Å². The molecule has 3 aliphatic rings. The highest BCUT2D eigenvalue weighted by atomic mass is 32.2. The summed E-state index contributed by atoms with van der Waals surface area (Å²) in [5, 5.41) is 0. The first-order valence-corrected chi connectivity index (χ1v) is 10.1. The molecule has 1 spiro atoms. The van der Waals surface area contributed by atoms with Gasteiger partial charge in [0.05, 0.1) is 32.0 Å². The summed E-state index contributed by atoms with van der Waals surface area (Å²) in [6, 6.07) is 0. The Hall–Kier alpha value is -0.700. The van der Waals surface area contributed by atoms with Gasteiger partial charge in [-0.05, 0) is 19.3 Å². The van der Waals surface area contributed by atoms with Gasteiger partial charge in [0.2, 0.25) is 15.9 Å². The van der Waals surface area contributed by atoms with Crippen molar-refractivity contribution in [2.75, 3.05) is 58.9 Å². The van der Waals surface area contributed by atoms with Gasteiger partial charge in [-0.1, -0.05) is 0 Å². The third kappa shape index (κ3) is 3.87. The summed E-state index contributed by atoms with van der Waals surface area (Å²) in [7, 11) is -3.21. The van der Waals surface area contributed by atoms with Crippen LogP contribution in [0.25, 0.3) is 0 Å². The van der Waals surface area contributed by atoms with E-state index in [0.717, 1.165) is 19.3 Å². The molecule has 3 fully saturated rings. The molecule has 0 radical (unpaired) electrons. The monoisotopic (exact) mass is 346 g/mol. The molecule has 3 saturated heterocycles. The number of piperidine rings is 1. The van der Waals surface area contributed by atoms with Gasteiger partial charge < -0.3 is 14.4 Å². The first-order chi connectivity index (χ1) is 10.9. The third-order valence-electron chi connectivity index (χ3n) is 5.29. The molecule has 3 aliphatic heterocycles. The summed E-state index contributed by atoms with van der Waals surface area (Å²) in [5.74, 6) is 0.189. The second-order valence-electron chi connectivity index (χ2n) is 7.03. The molecule has 0 bridgehead atoms. The number of sulfonamides is 1. The molecule has 0 aromatic heterocycles. The Labute approximate surface area is 138 Å². The Morgan fingerprint density at radius 3 is 2.48 bits per heavy atom. The van der Waals surface area contributed by atoms with Crippen molar-refractivity contribution in [2.45, 2.75) is 19.3 Å². The summed E-state index contributed by atoms with van der Waals surface area (Å²) < 4.78 is 36.3. The van der Waals surface area contributed by atoms with Crippen LogP contribution in [0.1, 0.15) is 19.3 Å². The van der Waals surface area contributed by atoms with Crippen molar-refractivity contribution in [3.05, 3.63) is 0 Å². The van der Waals surface area contributed by atoms with E-state index in [0.29, 0.717) is 52.6 Å². The van der Waals surface area contributed by atoms with Gasteiger partial charge in [0.15, 0.2) is 0 Å². The molecule has 0 saturated carbocycles. The van der Waals surface area contributed by atoms with E-state index in [1.165, 1.54) is 10.6 Å². The molecule has 0 aromatic rings. The minimum absolute atomic E-state index is 0.00181. The van der Waals surface area contributed by atoms with Gasteiger partial charge >= 0.3 is 0 Å². The molecular weight excluding hydrogens is 320 g/mol. The lowest BCUT2D eigenvalue weighted by Gasteiger charge is -2.42. The lowest BCUT2D eigenvalue weighted by Crippen LogP contribution is -2.50. The molecule has 132 valence electrons. The smallest absolute Gasteiger partial charge is 0.228 e. The van der Waals surface area contributed by atoms with E-state index in [1.807, 2.05) is 4.90 Å². The molecule has 1 amide bonds. The van der Waals surface area contributed by atoms with E-state index in [1.54, 1.807) is 0 Å². The summed E-state index contributed by atoms with van der Waals surface area (Å²) in [6.45, 7) is 4.50. The Balaban J connectivity index is 1.63. The summed E-state index contributed by atoms with van der Waals surface area (Å²) >= 11 is 0. The molecule has 3 rings (SSSR count). The van der Waals surface area contributed by atoms with Crippen LogP contribution in [0.4, 0.5) is 0 Å². The van der Waals surface area contributed by atoms with Gasteiger partial charge in [-0.15, -0.1) is 0 Å². The Morgan fingerprint density at radius 1 is 1.13 bits per heavy atom. The number of nitrogens with zero attached hydrogens (tertiary/aromatic N) is 2. The van der Waals surface area contributed by atoms with E-state index < -0.39 is 10.0 Å². The molecule has 23 heavy (non-hydrogen) atoms. The van der Waals surface area contributed by atoms with E-state index in [-0.39, 0.29) is 17.2 Å². The van der Waals surface area contributed by atoms with Crippen LogP contribution in [-0.4, -0.2) is 82.4 Å².